The van der Waals surface area contributed by atoms with Gasteiger partial charge in [0.15, 0.2) is 11.5 Å². The van der Waals surface area contributed by atoms with Crippen LogP contribution in [0.4, 0.5) is 4.79 Å². The summed E-state index contributed by atoms with van der Waals surface area (Å²) in [6, 6.07) is 6.20. The number of nitrogens with zero attached hydrogens (tertiary/aromatic N) is 1. The number of carbonyl (C=O) groups excluding carboxylic acids is 1. The number of piperidine rings is 1. The van der Waals surface area contributed by atoms with Crippen LogP contribution in [0.3, 0.4) is 0 Å². The molecule has 26 heavy (non-hydrogen) atoms. The van der Waals surface area contributed by atoms with Gasteiger partial charge in [-0.05, 0) is 57.0 Å². The molecule has 2 unspecified atom stereocenters. The molecule has 6 nitrogen and oxygen atoms in total. The minimum atomic E-state index is -0.109. The van der Waals surface area contributed by atoms with Gasteiger partial charge >= 0.3 is 6.03 Å². The molecule has 1 saturated heterocycles. The van der Waals surface area contributed by atoms with Gasteiger partial charge in [0.2, 0.25) is 0 Å². The second-order valence-electron chi connectivity index (χ2n) is 6.89. The lowest BCUT2D eigenvalue weighted by atomic mass is 10.0. The van der Waals surface area contributed by atoms with Crippen molar-refractivity contribution in [3.05, 3.63) is 23.8 Å². The molecule has 0 saturated carbocycles. The van der Waals surface area contributed by atoms with Crippen LogP contribution in [0.25, 0.3) is 0 Å². The van der Waals surface area contributed by atoms with Crippen LogP contribution in [0, 0.1) is 0 Å². The van der Waals surface area contributed by atoms with Crippen LogP contribution in [0.5, 0.6) is 11.5 Å². The van der Waals surface area contributed by atoms with Crippen molar-refractivity contribution in [2.75, 3.05) is 33.9 Å². The second-order valence-corrected chi connectivity index (χ2v) is 6.89. The predicted molar refractivity (Wildman–Crippen MR) is 104 cm³/mol. The van der Waals surface area contributed by atoms with Crippen LogP contribution in [0.15, 0.2) is 18.2 Å². The van der Waals surface area contributed by atoms with Crippen molar-refractivity contribution in [1.82, 2.24) is 15.5 Å². The highest BCUT2D eigenvalue weighted by atomic mass is 16.5. The first kappa shape index (κ1) is 20.4. The van der Waals surface area contributed by atoms with Crippen LogP contribution in [-0.4, -0.2) is 50.8 Å². The Labute approximate surface area is 157 Å². The predicted octanol–water partition coefficient (Wildman–Crippen LogP) is 3.33. The van der Waals surface area contributed by atoms with Gasteiger partial charge in [-0.3, -0.25) is 4.90 Å². The van der Waals surface area contributed by atoms with Gasteiger partial charge in [-0.2, -0.15) is 0 Å². The molecule has 6 heteroatoms. The third kappa shape index (κ3) is 5.53. The first-order valence-corrected chi connectivity index (χ1v) is 9.59. The molecule has 0 spiro atoms. The number of hydrogen-bond acceptors (Lipinski definition) is 4. The lowest BCUT2D eigenvalue weighted by Crippen LogP contribution is -2.45. The fourth-order valence-electron chi connectivity index (χ4n) is 3.31. The molecule has 0 bridgehead atoms. The average molecular weight is 364 g/mol. The maximum atomic E-state index is 12.2. The molecule has 0 radical (unpaired) electrons. The molecular weight excluding hydrogens is 330 g/mol. The van der Waals surface area contributed by atoms with Crippen molar-refractivity contribution in [2.24, 2.45) is 0 Å². The van der Waals surface area contributed by atoms with E-state index < -0.39 is 0 Å². The number of rotatable bonds is 8. The highest BCUT2D eigenvalue weighted by Crippen LogP contribution is 2.32. The molecule has 1 heterocycles. The van der Waals surface area contributed by atoms with Crippen LogP contribution in [0.2, 0.25) is 0 Å². The molecule has 1 aromatic rings. The topological polar surface area (TPSA) is 62.8 Å². The summed E-state index contributed by atoms with van der Waals surface area (Å²) in [4.78, 5) is 14.6. The van der Waals surface area contributed by atoms with E-state index in [1.165, 1.54) is 19.3 Å². The van der Waals surface area contributed by atoms with Gasteiger partial charge in [0, 0.05) is 12.6 Å². The summed E-state index contributed by atoms with van der Waals surface area (Å²) in [6.07, 6.45) is 4.58. The number of methoxy groups -OCH3 is 2. The average Bonchev–Trinajstić information content (AvgIpc) is 2.68. The van der Waals surface area contributed by atoms with E-state index in [0.29, 0.717) is 6.54 Å². The summed E-state index contributed by atoms with van der Waals surface area (Å²) in [5.74, 6) is 1.44. The van der Waals surface area contributed by atoms with E-state index in [-0.39, 0.29) is 18.1 Å². The van der Waals surface area contributed by atoms with Crippen molar-refractivity contribution in [3.63, 3.8) is 0 Å². The van der Waals surface area contributed by atoms with E-state index in [9.17, 15) is 4.79 Å². The highest BCUT2D eigenvalue weighted by molar-refractivity contribution is 5.74. The Hall–Kier alpha value is -1.95. The lowest BCUT2D eigenvalue weighted by molar-refractivity contribution is 0.159. The molecule has 2 rings (SSSR count). The first-order valence-electron chi connectivity index (χ1n) is 9.59. The molecule has 2 N–H and O–H groups in total. The number of benzene rings is 1. The largest absolute Gasteiger partial charge is 0.493 e. The molecule has 2 amide bonds. The van der Waals surface area contributed by atoms with Gasteiger partial charge in [0.1, 0.15) is 0 Å². The van der Waals surface area contributed by atoms with Gasteiger partial charge < -0.3 is 20.1 Å². The maximum Gasteiger partial charge on any atom is 0.315 e. The Morgan fingerprint density at radius 3 is 2.46 bits per heavy atom. The van der Waals surface area contributed by atoms with Crippen LogP contribution < -0.4 is 20.1 Å². The molecule has 0 aromatic heterocycles. The molecule has 1 aromatic carbocycles. The SMILES string of the molecule is CCC(C)NC(=O)NCC(c1ccc(OC)c(OC)c1)N1CCCCC1. The van der Waals surface area contributed by atoms with Crippen molar-refractivity contribution in [1.29, 1.82) is 0 Å². The standard InChI is InChI=1S/C20H33N3O3/c1-5-15(2)22-20(24)21-14-17(23-11-7-6-8-12-23)16-9-10-18(25-3)19(13-16)26-4/h9-10,13,15,17H,5-8,11-12,14H2,1-4H3,(H2,21,22,24). The minimum Gasteiger partial charge on any atom is -0.493 e. The van der Waals surface area contributed by atoms with Gasteiger partial charge in [0.25, 0.3) is 0 Å². The van der Waals surface area contributed by atoms with Crippen molar-refractivity contribution >= 4 is 6.03 Å². The van der Waals surface area contributed by atoms with Crippen molar-refractivity contribution < 1.29 is 14.3 Å². The van der Waals surface area contributed by atoms with E-state index in [2.05, 4.69) is 28.5 Å². The molecule has 2 atom stereocenters. The van der Waals surface area contributed by atoms with Crippen LogP contribution >= 0.6 is 0 Å². The molecule has 1 aliphatic heterocycles. The summed E-state index contributed by atoms with van der Waals surface area (Å²) < 4.78 is 10.8. The van der Waals surface area contributed by atoms with E-state index in [4.69, 9.17) is 9.47 Å². The first-order chi connectivity index (χ1) is 12.6. The fourth-order valence-corrected chi connectivity index (χ4v) is 3.31. The van der Waals surface area contributed by atoms with Crippen molar-refractivity contribution in [3.8, 4) is 11.5 Å². The van der Waals surface area contributed by atoms with Crippen molar-refractivity contribution in [2.45, 2.75) is 51.6 Å². The Kier molecular flexibility index (Phi) is 8.04. The number of ether oxygens (including phenoxy) is 2. The van der Waals surface area contributed by atoms with E-state index >= 15 is 0 Å². The number of amides is 2. The monoisotopic (exact) mass is 363 g/mol. The molecule has 1 fully saturated rings. The zero-order valence-corrected chi connectivity index (χ0v) is 16.5. The summed E-state index contributed by atoms with van der Waals surface area (Å²) in [5, 5.41) is 6.01. The molecule has 146 valence electrons. The number of urea groups is 1. The van der Waals surface area contributed by atoms with Gasteiger partial charge in [0.05, 0.1) is 20.3 Å². The highest BCUT2D eigenvalue weighted by Gasteiger charge is 2.24. The van der Waals surface area contributed by atoms with Crippen LogP contribution in [-0.2, 0) is 0 Å². The van der Waals surface area contributed by atoms with E-state index in [1.54, 1.807) is 14.2 Å². The summed E-state index contributed by atoms with van der Waals surface area (Å²) >= 11 is 0. The third-order valence-electron chi connectivity index (χ3n) is 5.07. The minimum absolute atomic E-state index is 0.109. The summed E-state index contributed by atoms with van der Waals surface area (Å²) in [6.45, 7) is 6.74. The smallest absolute Gasteiger partial charge is 0.315 e. The van der Waals surface area contributed by atoms with Gasteiger partial charge in [-0.15, -0.1) is 0 Å². The van der Waals surface area contributed by atoms with E-state index in [1.807, 2.05) is 19.1 Å². The summed E-state index contributed by atoms with van der Waals surface area (Å²) in [5.41, 5.74) is 1.13. The number of carbonyl (C=O) groups is 1. The quantitative estimate of drug-likeness (QED) is 0.744. The third-order valence-corrected chi connectivity index (χ3v) is 5.07. The zero-order chi connectivity index (χ0) is 18.9. The Morgan fingerprint density at radius 2 is 1.85 bits per heavy atom. The number of hydrogen-bond donors (Lipinski definition) is 2. The van der Waals surface area contributed by atoms with Gasteiger partial charge in [-0.1, -0.05) is 19.4 Å². The molecule has 0 aliphatic carbocycles. The Balaban J connectivity index is 2.14. The molecular formula is C20H33N3O3. The Bertz CT molecular complexity index is 573. The maximum absolute atomic E-state index is 12.2. The zero-order valence-electron chi connectivity index (χ0n) is 16.5. The Morgan fingerprint density at radius 1 is 1.15 bits per heavy atom. The summed E-state index contributed by atoms with van der Waals surface area (Å²) in [7, 11) is 3.29. The molecule has 1 aliphatic rings. The van der Waals surface area contributed by atoms with Crippen LogP contribution in [0.1, 0.15) is 51.1 Å². The number of likely N-dealkylation sites (tertiary alicyclic amines) is 1. The number of nitrogens with one attached hydrogen (secondary N) is 2. The fraction of sp³-hybridized carbons (Fsp3) is 0.650. The second kappa shape index (κ2) is 10.3. The van der Waals surface area contributed by atoms with Gasteiger partial charge in [-0.25, -0.2) is 4.79 Å². The van der Waals surface area contributed by atoms with E-state index in [0.717, 1.165) is 36.6 Å². The normalized spacial score (nSPS) is 17.2. The lowest BCUT2D eigenvalue weighted by Gasteiger charge is -2.35.